The Morgan fingerprint density at radius 2 is 1.65 bits per heavy atom. The minimum atomic E-state index is -0.169. The predicted molar refractivity (Wildman–Crippen MR) is 88.6 cm³/mol. The molecule has 1 N–H and O–H groups in total. The number of ether oxygens (including phenoxy) is 1. The molecule has 3 saturated carbocycles. The van der Waals surface area contributed by atoms with Gasteiger partial charge in [0.05, 0.1) is 18.6 Å². The van der Waals surface area contributed by atoms with Crippen LogP contribution in [0.15, 0.2) is 0 Å². The van der Waals surface area contributed by atoms with E-state index in [1.54, 1.807) is 0 Å². The summed E-state index contributed by atoms with van der Waals surface area (Å²) in [7, 11) is 0. The molecule has 4 rings (SSSR count). The molecular formula is C20H32O3. The number of hydrogen-bond donors (Lipinski definition) is 1. The van der Waals surface area contributed by atoms with Crippen molar-refractivity contribution in [2.75, 3.05) is 6.61 Å². The van der Waals surface area contributed by atoms with Gasteiger partial charge in [0.1, 0.15) is 0 Å². The molecule has 0 spiro atoms. The highest BCUT2D eigenvalue weighted by Crippen LogP contribution is 2.69. The van der Waals surface area contributed by atoms with Crippen LogP contribution in [0.3, 0.4) is 0 Å². The van der Waals surface area contributed by atoms with Crippen molar-refractivity contribution in [3.8, 4) is 0 Å². The second-order valence-corrected chi connectivity index (χ2v) is 9.95. The molecule has 4 fully saturated rings. The predicted octanol–water partition coefficient (Wildman–Crippen LogP) is 3.79. The Hall–Kier alpha value is -0.570. The lowest BCUT2D eigenvalue weighted by Gasteiger charge is -2.66. The van der Waals surface area contributed by atoms with Gasteiger partial charge in [-0.3, -0.25) is 4.79 Å². The fraction of sp³-hybridized carbons (Fsp3) is 0.950. The van der Waals surface area contributed by atoms with Crippen molar-refractivity contribution in [1.29, 1.82) is 0 Å². The maximum Gasteiger partial charge on any atom is 0.309 e. The monoisotopic (exact) mass is 320 g/mol. The van der Waals surface area contributed by atoms with E-state index in [0.29, 0.717) is 29.8 Å². The number of esters is 1. The third-order valence-corrected chi connectivity index (χ3v) is 8.88. The standard InChI is InChI=1S/C20H32O3/c1-18(2)14-7-9-19(3)13-11-23-17(22)12(13)5-6-15(19)20(14,4)10-8-16(18)21/h12-16,21H,5-11H2,1-4H3. The van der Waals surface area contributed by atoms with Crippen LogP contribution in [0.4, 0.5) is 0 Å². The van der Waals surface area contributed by atoms with Crippen LogP contribution in [-0.4, -0.2) is 23.8 Å². The van der Waals surface area contributed by atoms with Crippen molar-refractivity contribution in [2.45, 2.75) is 72.3 Å². The number of aliphatic hydroxyl groups excluding tert-OH is 1. The van der Waals surface area contributed by atoms with Crippen LogP contribution in [0.25, 0.3) is 0 Å². The summed E-state index contributed by atoms with van der Waals surface area (Å²) in [5.41, 5.74) is 0.540. The van der Waals surface area contributed by atoms with Crippen LogP contribution in [0.5, 0.6) is 0 Å². The highest BCUT2D eigenvalue weighted by atomic mass is 16.5. The highest BCUT2D eigenvalue weighted by Gasteiger charge is 2.65. The Balaban J connectivity index is 1.72. The molecule has 7 unspecified atom stereocenters. The molecule has 1 aliphatic heterocycles. The summed E-state index contributed by atoms with van der Waals surface area (Å²) in [6.45, 7) is 10.1. The molecule has 130 valence electrons. The Kier molecular flexibility index (Phi) is 3.28. The van der Waals surface area contributed by atoms with Crippen molar-refractivity contribution < 1.29 is 14.6 Å². The fourth-order valence-electron chi connectivity index (χ4n) is 7.56. The smallest absolute Gasteiger partial charge is 0.309 e. The first-order valence-corrected chi connectivity index (χ1v) is 9.56. The van der Waals surface area contributed by atoms with Crippen LogP contribution >= 0.6 is 0 Å². The number of hydrogen-bond acceptors (Lipinski definition) is 3. The topological polar surface area (TPSA) is 46.5 Å². The number of rotatable bonds is 0. The summed E-state index contributed by atoms with van der Waals surface area (Å²) in [6.07, 6.45) is 6.43. The van der Waals surface area contributed by atoms with Crippen LogP contribution in [-0.2, 0) is 9.53 Å². The zero-order chi connectivity index (χ0) is 16.6. The molecule has 0 bridgehead atoms. The highest BCUT2D eigenvalue weighted by molar-refractivity contribution is 5.75. The van der Waals surface area contributed by atoms with Crippen LogP contribution in [0.1, 0.15) is 66.2 Å². The molecular weight excluding hydrogens is 288 g/mol. The summed E-state index contributed by atoms with van der Waals surface area (Å²) in [4.78, 5) is 12.1. The lowest BCUT2D eigenvalue weighted by molar-refractivity contribution is -0.196. The summed E-state index contributed by atoms with van der Waals surface area (Å²) in [5.74, 6) is 1.88. The lowest BCUT2D eigenvalue weighted by Crippen LogP contribution is -2.61. The second-order valence-electron chi connectivity index (χ2n) is 9.95. The van der Waals surface area contributed by atoms with Crippen LogP contribution in [0.2, 0.25) is 0 Å². The van der Waals surface area contributed by atoms with Crippen molar-refractivity contribution in [1.82, 2.24) is 0 Å². The summed E-state index contributed by atoms with van der Waals surface area (Å²) in [5, 5.41) is 10.6. The van der Waals surface area contributed by atoms with Gasteiger partial charge in [0.2, 0.25) is 0 Å². The van der Waals surface area contributed by atoms with Crippen molar-refractivity contribution >= 4 is 5.97 Å². The van der Waals surface area contributed by atoms with E-state index in [1.165, 1.54) is 12.8 Å². The van der Waals surface area contributed by atoms with E-state index in [1.807, 2.05) is 0 Å². The molecule has 7 atom stereocenters. The van der Waals surface area contributed by atoms with Gasteiger partial charge in [0, 0.05) is 5.92 Å². The largest absolute Gasteiger partial charge is 0.465 e. The minimum Gasteiger partial charge on any atom is -0.465 e. The van der Waals surface area contributed by atoms with Crippen LogP contribution in [0, 0.1) is 39.9 Å². The first-order valence-electron chi connectivity index (χ1n) is 9.56. The number of aliphatic hydroxyl groups is 1. The van der Waals surface area contributed by atoms with E-state index in [4.69, 9.17) is 4.74 Å². The molecule has 4 aliphatic rings. The van der Waals surface area contributed by atoms with Gasteiger partial charge >= 0.3 is 5.97 Å². The van der Waals surface area contributed by atoms with Gasteiger partial charge in [0.15, 0.2) is 0 Å². The molecule has 0 amide bonds. The molecule has 0 aromatic heterocycles. The van der Waals surface area contributed by atoms with E-state index in [0.717, 1.165) is 25.7 Å². The Morgan fingerprint density at radius 3 is 2.39 bits per heavy atom. The van der Waals surface area contributed by atoms with Gasteiger partial charge in [-0.15, -0.1) is 0 Å². The van der Waals surface area contributed by atoms with E-state index < -0.39 is 0 Å². The van der Waals surface area contributed by atoms with Crippen molar-refractivity contribution in [3.05, 3.63) is 0 Å². The van der Waals surface area contributed by atoms with Gasteiger partial charge in [-0.25, -0.2) is 0 Å². The molecule has 3 aliphatic carbocycles. The molecule has 23 heavy (non-hydrogen) atoms. The first-order chi connectivity index (χ1) is 10.7. The molecule has 1 heterocycles. The zero-order valence-corrected chi connectivity index (χ0v) is 15.1. The molecule has 1 saturated heterocycles. The molecule has 3 heteroatoms. The maximum atomic E-state index is 12.1. The van der Waals surface area contributed by atoms with Crippen molar-refractivity contribution in [3.63, 3.8) is 0 Å². The van der Waals surface area contributed by atoms with E-state index >= 15 is 0 Å². The van der Waals surface area contributed by atoms with E-state index in [-0.39, 0.29) is 28.8 Å². The van der Waals surface area contributed by atoms with E-state index in [2.05, 4.69) is 27.7 Å². The third-order valence-electron chi connectivity index (χ3n) is 8.88. The van der Waals surface area contributed by atoms with Crippen LogP contribution < -0.4 is 0 Å². The molecule has 0 aromatic rings. The average Bonchev–Trinajstić information content (AvgIpc) is 2.86. The molecule has 0 radical (unpaired) electrons. The minimum absolute atomic E-state index is 0.00712. The normalized spacial score (nSPS) is 54.7. The fourth-order valence-corrected chi connectivity index (χ4v) is 7.56. The van der Waals surface area contributed by atoms with Gasteiger partial charge in [0.25, 0.3) is 0 Å². The number of carbonyl (C=O) groups excluding carboxylic acids is 1. The lowest BCUT2D eigenvalue weighted by atomic mass is 9.38. The van der Waals surface area contributed by atoms with Gasteiger partial charge in [-0.1, -0.05) is 27.7 Å². The summed E-state index contributed by atoms with van der Waals surface area (Å²) in [6, 6.07) is 0. The summed E-state index contributed by atoms with van der Waals surface area (Å²) >= 11 is 0. The van der Waals surface area contributed by atoms with E-state index in [9.17, 15) is 9.90 Å². The van der Waals surface area contributed by atoms with Gasteiger partial charge < -0.3 is 9.84 Å². The Bertz CT molecular complexity index is 527. The van der Waals surface area contributed by atoms with Crippen molar-refractivity contribution in [2.24, 2.45) is 39.9 Å². The van der Waals surface area contributed by atoms with Gasteiger partial charge in [-0.2, -0.15) is 0 Å². The SMILES string of the molecule is CC1(C)C(O)CCC2(C)C1CCC1(C)C3COC(=O)C3CCC12. The molecule has 0 aromatic carbocycles. The quantitative estimate of drug-likeness (QED) is 0.691. The Morgan fingerprint density at radius 1 is 0.957 bits per heavy atom. The first kappa shape index (κ1) is 15.9. The number of cyclic esters (lactones) is 1. The van der Waals surface area contributed by atoms with Gasteiger partial charge in [-0.05, 0) is 66.6 Å². The Labute approximate surface area is 140 Å². The summed E-state index contributed by atoms with van der Waals surface area (Å²) < 4.78 is 5.46. The number of fused-ring (bicyclic) bond motifs is 5. The zero-order valence-electron chi connectivity index (χ0n) is 15.1. The second kappa shape index (κ2) is 4.74. The maximum absolute atomic E-state index is 12.1. The number of carbonyl (C=O) groups is 1. The average molecular weight is 320 g/mol. The molecule has 3 nitrogen and oxygen atoms in total. The third kappa shape index (κ3) is 1.89.